The van der Waals surface area contributed by atoms with E-state index in [4.69, 9.17) is 0 Å². The van der Waals surface area contributed by atoms with Crippen LogP contribution in [0.3, 0.4) is 0 Å². The molecule has 0 saturated heterocycles. The minimum absolute atomic E-state index is 0.467. The van der Waals surface area contributed by atoms with Gasteiger partial charge in [0.2, 0.25) is 0 Å². The van der Waals surface area contributed by atoms with E-state index in [-0.39, 0.29) is 0 Å². The van der Waals surface area contributed by atoms with E-state index >= 15 is 0 Å². The third kappa shape index (κ3) is 4.11. The first kappa shape index (κ1) is 14.7. The second kappa shape index (κ2) is 7.17. The summed E-state index contributed by atoms with van der Waals surface area (Å²) in [6.45, 7) is 6.80. The van der Waals surface area contributed by atoms with Gasteiger partial charge in [0.1, 0.15) is 0 Å². The molecule has 2 heteroatoms. The average Bonchev–Trinajstić information content (AvgIpc) is 2.30. The number of rotatable bonds is 6. The van der Waals surface area contributed by atoms with Crippen molar-refractivity contribution in [2.45, 2.75) is 46.1 Å². The van der Waals surface area contributed by atoms with Crippen molar-refractivity contribution >= 4 is 15.9 Å². The summed E-state index contributed by atoms with van der Waals surface area (Å²) >= 11 is 3.61. The molecule has 17 heavy (non-hydrogen) atoms. The summed E-state index contributed by atoms with van der Waals surface area (Å²) in [5.41, 5.74) is 2.78. The summed E-state index contributed by atoms with van der Waals surface area (Å²) in [5.74, 6) is 0.774. The lowest BCUT2D eigenvalue weighted by Crippen LogP contribution is -2.20. The summed E-state index contributed by atoms with van der Waals surface area (Å²) in [7, 11) is 2.06. The molecule has 0 amide bonds. The Morgan fingerprint density at radius 2 is 2.06 bits per heavy atom. The normalized spacial score (nSPS) is 14.6. The Kier molecular flexibility index (Phi) is 6.21. The van der Waals surface area contributed by atoms with E-state index in [9.17, 15) is 0 Å². The molecule has 0 saturated carbocycles. The maximum absolute atomic E-state index is 3.61. The van der Waals surface area contributed by atoms with Crippen molar-refractivity contribution in [2.75, 3.05) is 7.05 Å². The highest BCUT2D eigenvalue weighted by molar-refractivity contribution is 9.10. The van der Waals surface area contributed by atoms with Crippen LogP contribution in [0.25, 0.3) is 0 Å². The van der Waals surface area contributed by atoms with Crippen LogP contribution in [0.5, 0.6) is 0 Å². The van der Waals surface area contributed by atoms with Gasteiger partial charge in [0.25, 0.3) is 0 Å². The molecule has 1 N–H and O–H groups in total. The third-order valence-corrected chi connectivity index (χ3v) is 4.31. The second-order valence-electron chi connectivity index (χ2n) is 4.92. The molecule has 0 aliphatic heterocycles. The molecule has 1 rings (SSSR count). The molecule has 1 aromatic rings. The van der Waals surface area contributed by atoms with E-state index in [2.05, 4.69) is 67.3 Å². The average molecular weight is 298 g/mol. The molecule has 2 atom stereocenters. The maximum Gasteiger partial charge on any atom is 0.0323 e. The second-order valence-corrected chi connectivity index (χ2v) is 5.78. The standard InChI is InChI=1S/C15H24BrN/c1-5-7-11(2)10-15(17-4)13-8-6-9-14(16)12(13)3/h6,8-9,11,15,17H,5,7,10H2,1-4H3. The van der Waals surface area contributed by atoms with Gasteiger partial charge < -0.3 is 5.32 Å². The van der Waals surface area contributed by atoms with E-state index in [1.54, 1.807) is 0 Å². The van der Waals surface area contributed by atoms with Gasteiger partial charge in [-0.05, 0) is 43.5 Å². The van der Waals surface area contributed by atoms with E-state index in [1.165, 1.54) is 34.9 Å². The largest absolute Gasteiger partial charge is 0.313 e. The van der Waals surface area contributed by atoms with E-state index in [1.807, 2.05) is 0 Å². The molecule has 96 valence electrons. The van der Waals surface area contributed by atoms with E-state index < -0.39 is 0 Å². The number of benzene rings is 1. The lowest BCUT2D eigenvalue weighted by Gasteiger charge is -2.23. The zero-order valence-corrected chi connectivity index (χ0v) is 13.0. The van der Waals surface area contributed by atoms with Crippen molar-refractivity contribution in [1.82, 2.24) is 5.32 Å². The number of hydrogen-bond donors (Lipinski definition) is 1. The highest BCUT2D eigenvalue weighted by Crippen LogP contribution is 2.29. The van der Waals surface area contributed by atoms with Gasteiger partial charge in [-0.3, -0.25) is 0 Å². The quantitative estimate of drug-likeness (QED) is 0.792. The molecule has 0 spiro atoms. The van der Waals surface area contributed by atoms with Crippen LogP contribution < -0.4 is 5.32 Å². The molecule has 1 aromatic carbocycles. The summed E-state index contributed by atoms with van der Waals surface area (Å²) in [6.07, 6.45) is 3.79. The molecular weight excluding hydrogens is 274 g/mol. The molecule has 0 radical (unpaired) electrons. The van der Waals surface area contributed by atoms with Crippen molar-refractivity contribution in [3.05, 3.63) is 33.8 Å². The van der Waals surface area contributed by atoms with Crippen molar-refractivity contribution in [3.63, 3.8) is 0 Å². The van der Waals surface area contributed by atoms with Crippen LogP contribution in [0.4, 0.5) is 0 Å². The van der Waals surface area contributed by atoms with Gasteiger partial charge in [0.05, 0.1) is 0 Å². The fraction of sp³-hybridized carbons (Fsp3) is 0.600. The van der Waals surface area contributed by atoms with Gasteiger partial charge in [-0.25, -0.2) is 0 Å². The highest BCUT2D eigenvalue weighted by atomic mass is 79.9. The van der Waals surface area contributed by atoms with Crippen LogP contribution in [-0.2, 0) is 0 Å². The molecule has 0 aliphatic rings. The Morgan fingerprint density at radius 3 is 2.65 bits per heavy atom. The predicted octanol–water partition coefficient (Wildman–Crippen LogP) is 4.84. The maximum atomic E-state index is 3.61. The van der Waals surface area contributed by atoms with E-state index in [0.717, 1.165) is 5.92 Å². The van der Waals surface area contributed by atoms with Gasteiger partial charge in [0, 0.05) is 10.5 Å². The minimum Gasteiger partial charge on any atom is -0.313 e. The monoisotopic (exact) mass is 297 g/mol. The topological polar surface area (TPSA) is 12.0 Å². The van der Waals surface area contributed by atoms with Crippen molar-refractivity contribution in [3.8, 4) is 0 Å². The Labute approximate surface area is 114 Å². The smallest absolute Gasteiger partial charge is 0.0323 e. The molecule has 0 aliphatic carbocycles. The van der Waals surface area contributed by atoms with Crippen LogP contribution in [-0.4, -0.2) is 7.05 Å². The first-order valence-corrected chi connectivity index (χ1v) is 7.31. The number of halogens is 1. The van der Waals surface area contributed by atoms with Crippen LogP contribution in [0, 0.1) is 12.8 Å². The van der Waals surface area contributed by atoms with Gasteiger partial charge in [0.15, 0.2) is 0 Å². The summed E-state index contributed by atoms with van der Waals surface area (Å²) in [4.78, 5) is 0. The molecule has 1 nitrogen and oxygen atoms in total. The van der Waals surface area contributed by atoms with Gasteiger partial charge in [-0.15, -0.1) is 0 Å². The third-order valence-electron chi connectivity index (χ3n) is 3.45. The predicted molar refractivity (Wildman–Crippen MR) is 79.4 cm³/mol. The van der Waals surface area contributed by atoms with Crippen molar-refractivity contribution in [2.24, 2.45) is 5.92 Å². The van der Waals surface area contributed by atoms with E-state index in [0.29, 0.717) is 6.04 Å². The van der Waals surface area contributed by atoms with Gasteiger partial charge >= 0.3 is 0 Å². The SMILES string of the molecule is CCCC(C)CC(NC)c1cccc(Br)c1C. The Hall–Kier alpha value is -0.340. The molecule has 0 bridgehead atoms. The van der Waals surface area contributed by atoms with Crippen molar-refractivity contribution in [1.29, 1.82) is 0 Å². The lowest BCUT2D eigenvalue weighted by molar-refractivity contribution is 0.406. The van der Waals surface area contributed by atoms with Gasteiger partial charge in [-0.2, -0.15) is 0 Å². The van der Waals surface area contributed by atoms with Crippen LogP contribution in [0.1, 0.15) is 50.3 Å². The summed E-state index contributed by atoms with van der Waals surface area (Å²) < 4.78 is 1.21. The lowest BCUT2D eigenvalue weighted by atomic mass is 9.91. The number of hydrogen-bond acceptors (Lipinski definition) is 1. The molecule has 2 unspecified atom stereocenters. The number of nitrogens with one attached hydrogen (secondary N) is 1. The Bertz CT molecular complexity index is 349. The first-order valence-electron chi connectivity index (χ1n) is 6.52. The molecule has 0 aromatic heterocycles. The molecular formula is C15H24BrN. The highest BCUT2D eigenvalue weighted by Gasteiger charge is 2.15. The Balaban J connectivity index is 2.82. The zero-order chi connectivity index (χ0) is 12.8. The Morgan fingerprint density at radius 1 is 1.35 bits per heavy atom. The molecule has 0 fully saturated rings. The summed E-state index contributed by atoms with van der Waals surface area (Å²) in [6, 6.07) is 6.94. The minimum atomic E-state index is 0.467. The zero-order valence-electron chi connectivity index (χ0n) is 11.4. The van der Waals surface area contributed by atoms with Crippen LogP contribution in [0.2, 0.25) is 0 Å². The first-order chi connectivity index (χ1) is 8.10. The van der Waals surface area contributed by atoms with Gasteiger partial charge in [-0.1, -0.05) is 54.8 Å². The fourth-order valence-corrected chi connectivity index (χ4v) is 2.80. The van der Waals surface area contributed by atoms with Crippen LogP contribution >= 0.6 is 15.9 Å². The molecule has 0 heterocycles. The summed E-state index contributed by atoms with van der Waals surface area (Å²) in [5, 5.41) is 3.45. The van der Waals surface area contributed by atoms with Crippen LogP contribution in [0.15, 0.2) is 22.7 Å². The van der Waals surface area contributed by atoms with Crippen molar-refractivity contribution < 1.29 is 0 Å². The fourth-order valence-electron chi connectivity index (χ4n) is 2.41.